The lowest BCUT2D eigenvalue weighted by atomic mass is 10.0. The lowest BCUT2D eigenvalue weighted by Gasteiger charge is -2.02. The van der Waals surface area contributed by atoms with Crippen molar-refractivity contribution in [3.8, 4) is 11.3 Å². The Bertz CT molecular complexity index is 560. The van der Waals surface area contributed by atoms with E-state index in [9.17, 15) is 0 Å². The van der Waals surface area contributed by atoms with Crippen molar-refractivity contribution in [2.75, 3.05) is 6.54 Å². The summed E-state index contributed by atoms with van der Waals surface area (Å²) >= 11 is 0. The van der Waals surface area contributed by atoms with E-state index in [1.54, 1.807) is 0 Å². The van der Waals surface area contributed by atoms with Gasteiger partial charge >= 0.3 is 0 Å². The molecule has 0 fully saturated rings. The highest BCUT2D eigenvalue weighted by atomic mass is 16.5. The van der Waals surface area contributed by atoms with Crippen LogP contribution in [0.15, 0.2) is 28.8 Å². The summed E-state index contributed by atoms with van der Waals surface area (Å²) in [6.07, 6.45) is 4.51. The van der Waals surface area contributed by atoms with Gasteiger partial charge in [-0.25, -0.2) is 0 Å². The molecule has 1 heterocycles. The van der Waals surface area contributed by atoms with Crippen LogP contribution in [0.4, 0.5) is 0 Å². The first-order valence-corrected chi connectivity index (χ1v) is 7.16. The van der Waals surface area contributed by atoms with Gasteiger partial charge in [-0.1, -0.05) is 36.3 Å². The zero-order valence-corrected chi connectivity index (χ0v) is 11.4. The normalized spacial score (nSPS) is 13.7. The quantitative estimate of drug-likeness (QED) is 0.853. The number of nitrogens with zero attached hydrogens (tertiary/aromatic N) is 1. The van der Waals surface area contributed by atoms with E-state index in [0.29, 0.717) is 0 Å². The molecule has 1 aromatic heterocycles. The summed E-state index contributed by atoms with van der Waals surface area (Å²) in [6, 6.07) is 8.52. The molecule has 0 saturated heterocycles. The third kappa shape index (κ3) is 2.43. The predicted molar refractivity (Wildman–Crippen MR) is 76.0 cm³/mol. The Hall–Kier alpha value is -1.61. The van der Waals surface area contributed by atoms with Crippen molar-refractivity contribution in [3.05, 3.63) is 41.1 Å². The van der Waals surface area contributed by atoms with Gasteiger partial charge in [0.2, 0.25) is 0 Å². The third-order valence-electron chi connectivity index (χ3n) is 3.72. The molecule has 0 radical (unpaired) electrons. The van der Waals surface area contributed by atoms with Crippen molar-refractivity contribution in [1.29, 1.82) is 0 Å². The van der Waals surface area contributed by atoms with Crippen LogP contribution in [-0.4, -0.2) is 11.7 Å². The SMILES string of the molecule is CCCNCc1noc2c1CCCc1ccccc1-2. The molecule has 3 rings (SSSR count). The molecular weight excluding hydrogens is 236 g/mol. The Morgan fingerprint density at radius 1 is 1.26 bits per heavy atom. The Labute approximate surface area is 114 Å². The highest BCUT2D eigenvalue weighted by Crippen LogP contribution is 2.34. The summed E-state index contributed by atoms with van der Waals surface area (Å²) < 4.78 is 5.63. The van der Waals surface area contributed by atoms with Gasteiger partial charge in [0, 0.05) is 17.7 Å². The van der Waals surface area contributed by atoms with Crippen LogP contribution < -0.4 is 5.32 Å². The van der Waals surface area contributed by atoms with Crippen LogP contribution in [0.2, 0.25) is 0 Å². The van der Waals surface area contributed by atoms with Crippen molar-refractivity contribution in [2.45, 2.75) is 39.2 Å². The number of aryl methyl sites for hydroxylation is 1. The second-order valence-electron chi connectivity index (χ2n) is 5.12. The van der Waals surface area contributed by atoms with Gasteiger partial charge in [0.15, 0.2) is 5.76 Å². The smallest absolute Gasteiger partial charge is 0.170 e. The summed E-state index contributed by atoms with van der Waals surface area (Å²) in [4.78, 5) is 0. The van der Waals surface area contributed by atoms with E-state index in [0.717, 1.165) is 43.8 Å². The molecule has 19 heavy (non-hydrogen) atoms. The molecule has 0 amide bonds. The molecule has 1 aliphatic carbocycles. The standard InChI is InChI=1S/C16H20N2O/c1-2-10-17-11-15-14-9-5-7-12-6-3-4-8-13(12)16(14)19-18-15/h3-4,6,8,17H,2,5,7,9-11H2,1H3. The Morgan fingerprint density at radius 3 is 3.05 bits per heavy atom. The van der Waals surface area contributed by atoms with Gasteiger partial charge in [-0.05, 0) is 37.8 Å². The summed E-state index contributed by atoms with van der Waals surface area (Å²) in [6.45, 7) is 4.01. The highest BCUT2D eigenvalue weighted by Gasteiger charge is 2.21. The Balaban J connectivity index is 1.93. The van der Waals surface area contributed by atoms with Crippen LogP contribution in [0.25, 0.3) is 11.3 Å². The summed E-state index contributed by atoms with van der Waals surface area (Å²) in [5, 5.41) is 7.68. The summed E-state index contributed by atoms with van der Waals surface area (Å²) in [5.41, 5.74) is 4.99. The van der Waals surface area contributed by atoms with Crippen molar-refractivity contribution < 1.29 is 4.52 Å². The zero-order valence-electron chi connectivity index (χ0n) is 11.4. The van der Waals surface area contributed by atoms with Gasteiger partial charge in [-0.15, -0.1) is 0 Å². The minimum Gasteiger partial charge on any atom is -0.356 e. The minimum absolute atomic E-state index is 0.814. The molecule has 3 heteroatoms. The van der Waals surface area contributed by atoms with Crippen molar-refractivity contribution in [3.63, 3.8) is 0 Å². The first-order valence-electron chi connectivity index (χ1n) is 7.16. The molecule has 100 valence electrons. The Morgan fingerprint density at radius 2 is 2.16 bits per heavy atom. The molecule has 1 aliphatic rings. The first kappa shape index (κ1) is 12.4. The second-order valence-corrected chi connectivity index (χ2v) is 5.12. The second kappa shape index (κ2) is 5.57. The number of aromatic nitrogens is 1. The number of hydrogen-bond donors (Lipinski definition) is 1. The molecule has 0 bridgehead atoms. The fourth-order valence-electron chi connectivity index (χ4n) is 2.75. The average molecular weight is 256 g/mol. The van der Waals surface area contributed by atoms with Gasteiger partial charge in [0.1, 0.15) is 5.69 Å². The Kier molecular flexibility index (Phi) is 3.65. The lowest BCUT2D eigenvalue weighted by Crippen LogP contribution is -2.15. The molecule has 0 aliphatic heterocycles. The van der Waals surface area contributed by atoms with Crippen LogP contribution in [0.1, 0.15) is 36.6 Å². The predicted octanol–water partition coefficient (Wildman–Crippen LogP) is 3.33. The van der Waals surface area contributed by atoms with Gasteiger partial charge < -0.3 is 9.84 Å². The van der Waals surface area contributed by atoms with Crippen LogP contribution in [-0.2, 0) is 19.4 Å². The molecule has 1 aromatic carbocycles. The van der Waals surface area contributed by atoms with E-state index in [-0.39, 0.29) is 0 Å². The number of fused-ring (bicyclic) bond motifs is 3. The van der Waals surface area contributed by atoms with E-state index in [1.807, 2.05) is 0 Å². The molecular formula is C16H20N2O. The van der Waals surface area contributed by atoms with Gasteiger partial charge in [-0.3, -0.25) is 0 Å². The van der Waals surface area contributed by atoms with E-state index in [1.165, 1.54) is 23.1 Å². The zero-order chi connectivity index (χ0) is 13.1. The van der Waals surface area contributed by atoms with E-state index < -0.39 is 0 Å². The van der Waals surface area contributed by atoms with E-state index in [4.69, 9.17) is 4.52 Å². The summed E-state index contributed by atoms with van der Waals surface area (Å²) in [5.74, 6) is 0.987. The minimum atomic E-state index is 0.814. The van der Waals surface area contributed by atoms with Crippen molar-refractivity contribution in [2.24, 2.45) is 0 Å². The van der Waals surface area contributed by atoms with Gasteiger partial charge in [0.25, 0.3) is 0 Å². The number of benzene rings is 1. The fourth-order valence-corrected chi connectivity index (χ4v) is 2.75. The third-order valence-corrected chi connectivity index (χ3v) is 3.72. The maximum absolute atomic E-state index is 5.63. The maximum Gasteiger partial charge on any atom is 0.170 e. The fraction of sp³-hybridized carbons (Fsp3) is 0.438. The van der Waals surface area contributed by atoms with Crippen LogP contribution in [0, 0.1) is 0 Å². The molecule has 0 atom stereocenters. The van der Waals surface area contributed by atoms with Gasteiger partial charge in [-0.2, -0.15) is 0 Å². The monoisotopic (exact) mass is 256 g/mol. The van der Waals surface area contributed by atoms with Crippen LogP contribution >= 0.6 is 0 Å². The number of hydrogen-bond acceptors (Lipinski definition) is 3. The van der Waals surface area contributed by atoms with Crippen molar-refractivity contribution >= 4 is 0 Å². The van der Waals surface area contributed by atoms with Gasteiger partial charge in [0.05, 0.1) is 0 Å². The molecule has 1 N–H and O–H groups in total. The molecule has 0 saturated carbocycles. The average Bonchev–Trinajstić information content (AvgIpc) is 2.74. The topological polar surface area (TPSA) is 38.1 Å². The van der Waals surface area contributed by atoms with E-state index in [2.05, 4.69) is 41.7 Å². The highest BCUT2D eigenvalue weighted by molar-refractivity contribution is 5.67. The van der Waals surface area contributed by atoms with Crippen LogP contribution in [0.3, 0.4) is 0 Å². The summed E-state index contributed by atoms with van der Waals surface area (Å²) in [7, 11) is 0. The maximum atomic E-state index is 5.63. The number of nitrogens with one attached hydrogen (secondary N) is 1. The van der Waals surface area contributed by atoms with E-state index >= 15 is 0 Å². The molecule has 2 aromatic rings. The largest absolute Gasteiger partial charge is 0.356 e. The molecule has 0 spiro atoms. The molecule has 3 nitrogen and oxygen atoms in total. The number of rotatable bonds is 4. The first-order chi connectivity index (χ1) is 9.40. The van der Waals surface area contributed by atoms with Crippen molar-refractivity contribution in [1.82, 2.24) is 10.5 Å². The molecule has 0 unspecified atom stereocenters. The van der Waals surface area contributed by atoms with Crippen LogP contribution in [0.5, 0.6) is 0 Å². The lowest BCUT2D eigenvalue weighted by molar-refractivity contribution is 0.420.